The van der Waals surface area contributed by atoms with E-state index in [0.29, 0.717) is 44.3 Å². The van der Waals surface area contributed by atoms with E-state index in [1.54, 1.807) is 6.20 Å². The molecule has 7 nitrogen and oxygen atoms in total. The Balaban J connectivity index is 1.29. The molecule has 2 saturated carbocycles. The molecule has 1 aromatic heterocycles. The van der Waals surface area contributed by atoms with E-state index in [2.05, 4.69) is 14.9 Å². The average Bonchev–Trinajstić information content (AvgIpc) is 3.33. The van der Waals surface area contributed by atoms with E-state index in [1.807, 2.05) is 11.1 Å². The van der Waals surface area contributed by atoms with Crippen molar-refractivity contribution in [3.63, 3.8) is 0 Å². The van der Waals surface area contributed by atoms with Gasteiger partial charge in [-0.2, -0.15) is 0 Å². The summed E-state index contributed by atoms with van der Waals surface area (Å²) in [6, 6.07) is 0. The third kappa shape index (κ3) is 3.16. The van der Waals surface area contributed by atoms with E-state index in [4.69, 9.17) is 4.74 Å². The maximum atomic E-state index is 12.7. The molecule has 3 heterocycles. The van der Waals surface area contributed by atoms with Crippen LogP contribution >= 0.6 is 0 Å². The topological polar surface area (TPSA) is 76.5 Å². The van der Waals surface area contributed by atoms with Crippen LogP contribution < -0.4 is 5.32 Å². The molecule has 1 atom stereocenters. The third-order valence-corrected chi connectivity index (χ3v) is 6.74. The Labute approximate surface area is 159 Å². The fourth-order valence-electron chi connectivity index (χ4n) is 4.56. The van der Waals surface area contributed by atoms with Crippen LogP contribution in [0.5, 0.6) is 0 Å². The molecule has 3 fully saturated rings. The lowest BCUT2D eigenvalue weighted by Crippen LogP contribution is -2.55. The molecule has 2 amide bonds. The van der Waals surface area contributed by atoms with Crippen molar-refractivity contribution >= 4 is 11.8 Å². The number of hydrogen-bond donors (Lipinski definition) is 1. The van der Waals surface area contributed by atoms with Gasteiger partial charge in [0.1, 0.15) is 11.4 Å². The predicted octanol–water partition coefficient (Wildman–Crippen LogP) is 1.43. The Morgan fingerprint density at radius 3 is 2.67 bits per heavy atom. The number of carbonyl (C=O) groups is 2. The first-order valence-corrected chi connectivity index (χ1v) is 10.4. The van der Waals surface area contributed by atoms with Gasteiger partial charge in [-0.15, -0.1) is 0 Å². The van der Waals surface area contributed by atoms with Crippen molar-refractivity contribution in [1.29, 1.82) is 0 Å². The van der Waals surface area contributed by atoms with Crippen molar-refractivity contribution in [3.05, 3.63) is 18.2 Å². The van der Waals surface area contributed by atoms with Gasteiger partial charge in [0, 0.05) is 50.8 Å². The summed E-state index contributed by atoms with van der Waals surface area (Å²) in [6.45, 7) is 2.63. The Morgan fingerprint density at radius 2 is 2.00 bits per heavy atom. The summed E-state index contributed by atoms with van der Waals surface area (Å²) in [5.41, 5.74) is -0.556. The van der Waals surface area contributed by atoms with E-state index >= 15 is 0 Å². The lowest BCUT2D eigenvalue weighted by molar-refractivity contribution is -0.177. The lowest BCUT2D eigenvalue weighted by atomic mass is 9.82. The zero-order valence-corrected chi connectivity index (χ0v) is 15.7. The average molecular weight is 372 g/mol. The van der Waals surface area contributed by atoms with Gasteiger partial charge in [0.15, 0.2) is 6.10 Å². The van der Waals surface area contributed by atoms with Gasteiger partial charge in [-0.3, -0.25) is 9.59 Å². The van der Waals surface area contributed by atoms with E-state index in [-0.39, 0.29) is 11.8 Å². The van der Waals surface area contributed by atoms with Gasteiger partial charge < -0.3 is 19.5 Å². The number of ether oxygens (including phenoxy) is 1. The number of aromatic nitrogens is 2. The van der Waals surface area contributed by atoms with Gasteiger partial charge in [0.25, 0.3) is 5.91 Å². The van der Waals surface area contributed by atoms with E-state index in [1.165, 1.54) is 19.3 Å². The lowest BCUT2D eigenvalue weighted by Gasteiger charge is -2.46. The summed E-state index contributed by atoms with van der Waals surface area (Å²) >= 11 is 0. The number of nitrogens with zero attached hydrogens (tertiary/aromatic N) is 3. The molecule has 0 radical (unpaired) electrons. The second-order valence-corrected chi connectivity index (χ2v) is 8.65. The van der Waals surface area contributed by atoms with Crippen molar-refractivity contribution in [2.24, 2.45) is 11.8 Å². The van der Waals surface area contributed by atoms with Gasteiger partial charge in [0.2, 0.25) is 5.91 Å². The summed E-state index contributed by atoms with van der Waals surface area (Å²) in [4.78, 5) is 31.8. The number of likely N-dealkylation sites (tertiary alicyclic amines) is 1. The highest BCUT2D eigenvalue weighted by Gasteiger charge is 2.48. The van der Waals surface area contributed by atoms with Crippen molar-refractivity contribution in [3.8, 4) is 0 Å². The minimum atomic E-state index is -0.556. The zero-order chi connectivity index (χ0) is 18.4. The molecular weight excluding hydrogens is 344 g/mol. The van der Waals surface area contributed by atoms with Crippen LogP contribution in [0, 0.1) is 11.8 Å². The van der Waals surface area contributed by atoms with Gasteiger partial charge >= 0.3 is 0 Å². The normalized spacial score (nSPS) is 27.1. The molecule has 1 spiro atoms. The first-order chi connectivity index (χ1) is 13.1. The molecule has 146 valence electrons. The molecule has 1 saturated heterocycles. The largest absolute Gasteiger partial charge is 0.354 e. The fourth-order valence-corrected chi connectivity index (χ4v) is 4.56. The predicted molar refractivity (Wildman–Crippen MR) is 97.7 cm³/mol. The number of rotatable bonds is 4. The second kappa shape index (κ2) is 6.62. The van der Waals surface area contributed by atoms with Crippen molar-refractivity contribution in [2.75, 3.05) is 19.6 Å². The molecule has 1 N–H and O–H groups in total. The fraction of sp³-hybridized carbons (Fsp3) is 0.750. The van der Waals surface area contributed by atoms with Crippen molar-refractivity contribution < 1.29 is 14.3 Å². The Bertz CT molecular complexity index is 729. The summed E-state index contributed by atoms with van der Waals surface area (Å²) < 4.78 is 8.47. The number of fused-ring (bicyclic) bond motifs is 2. The Morgan fingerprint density at radius 1 is 1.22 bits per heavy atom. The SMILES string of the molecule is O=C(NCC1CC1)[C@@H]1Cn2ccnc2C2(CCN(C(=O)C3CCC3)CC2)O1. The van der Waals surface area contributed by atoms with E-state index in [0.717, 1.165) is 25.2 Å². The second-order valence-electron chi connectivity index (χ2n) is 8.65. The quantitative estimate of drug-likeness (QED) is 0.867. The van der Waals surface area contributed by atoms with Gasteiger partial charge in [-0.25, -0.2) is 4.98 Å². The number of piperidine rings is 1. The molecule has 7 heteroatoms. The van der Waals surface area contributed by atoms with Crippen LogP contribution in [-0.2, 0) is 26.5 Å². The van der Waals surface area contributed by atoms with Crippen LogP contribution in [0.25, 0.3) is 0 Å². The Hall–Kier alpha value is -1.89. The maximum Gasteiger partial charge on any atom is 0.251 e. The summed E-state index contributed by atoms with van der Waals surface area (Å²) in [7, 11) is 0. The Kier molecular flexibility index (Phi) is 4.22. The highest BCUT2D eigenvalue weighted by molar-refractivity contribution is 5.81. The van der Waals surface area contributed by atoms with Gasteiger partial charge in [-0.05, 0) is 31.6 Å². The van der Waals surface area contributed by atoms with Crippen LogP contribution in [0.2, 0.25) is 0 Å². The molecule has 0 bridgehead atoms. The minimum Gasteiger partial charge on any atom is -0.354 e. The monoisotopic (exact) mass is 372 g/mol. The molecule has 1 aromatic rings. The molecule has 5 rings (SSSR count). The maximum absolute atomic E-state index is 12.7. The van der Waals surface area contributed by atoms with E-state index < -0.39 is 11.7 Å². The van der Waals surface area contributed by atoms with Crippen LogP contribution in [-0.4, -0.2) is 52.0 Å². The molecule has 27 heavy (non-hydrogen) atoms. The first kappa shape index (κ1) is 17.2. The van der Waals surface area contributed by atoms with Gasteiger partial charge in [0.05, 0.1) is 6.54 Å². The molecular formula is C20H28N4O3. The zero-order valence-electron chi connectivity index (χ0n) is 15.7. The summed E-state index contributed by atoms with van der Waals surface area (Å²) in [5.74, 6) is 2.07. The first-order valence-electron chi connectivity index (χ1n) is 10.4. The molecule has 2 aliphatic carbocycles. The smallest absolute Gasteiger partial charge is 0.251 e. The molecule has 0 unspecified atom stereocenters. The summed E-state index contributed by atoms with van der Waals surface area (Å²) in [6.07, 6.45) is 10.3. The molecule has 0 aromatic carbocycles. The number of nitrogens with one attached hydrogen (secondary N) is 1. The number of carbonyl (C=O) groups excluding carboxylic acids is 2. The number of imidazole rings is 1. The minimum absolute atomic E-state index is 0.0198. The van der Waals surface area contributed by atoms with Crippen LogP contribution in [0.1, 0.15) is 50.8 Å². The van der Waals surface area contributed by atoms with Crippen molar-refractivity contribution in [1.82, 2.24) is 19.8 Å². The van der Waals surface area contributed by atoms with Gasteiger partial charge in [-0.1, -0.05) is 6.42 Å². The summed E-state index contributed by atoms with van der Waals surface area (Å²) in [5, 5.41) is 3.05. The molecule has 4 aliphatic rings. The number of amides is 2. The van der Waals surface area contributed by atoms with Crippen molar-refractivity contribution in [2.45, 2.75) is 63.2 Å². The third-order valence-electron chi connectivity index (χ3n) is 6.74. The highest BCUT2D eigenvalue weighted by Crippen LogP contribution is 2.41. The molecule has 2 aliphatic heterocycles. The van der Waals surface area contributed by atoms with Crippen LogP contribution in [0.15, 0.2) is 12.4 Å². The van der Waals surface area contributed by atoms with Crippen LogP contribution in [0.4, 0.5) is 0 Å². The standard InChI is InChI=1S/C20H28N4O3/c25-17(22-12-14-4-5-14)16-13-24-11-8-21-19(24)20(27-16)6-9-23(10-7-20)18(26)15-2-1-3-15/h8,11,14-16H,1-7,9-10,12-13H2,(H,22,25)/t16-/m0/s1. The highest BCUT2D eigenvalue weighted by atomic mass is 16.5. The van der Waals surface area contributed by atoms with E-state index in [9.17, 15) is 9.59 Å². The van der Waals surface area contributed by atoms with Crippen LogP contribution in [0.3, 0.4) is 0 Å². The number of hydrogen-bond acceptors (Lipinski definition) is 4.